The number of benzene rings is 1. The molecule has 37 heavy (non-hydrogen) atoms. The van der Waals surface area contributed by atoms with Crippen LogP contribution in [0.1, 0.15) is 111 Å². The third kappa shape index (κ3) is 9.04. The van der Waals surface area contributed by atoms with E-state index < -0.39 is 29.3 Å². The fraction of sp³-hybridized carbons (Fsp3) is 0.700. The Hall–Kier alpha value is -2.57. The summed E-state index contributed by atoms with van der Waals surface area (Å²) in [6, 6.07) is 6.21. The molecular weight excluding hydrogens is 466 g/mol. The molecule has 1 aliphatic carbocycles. The smallest absolute Gasteiger partial charge is 0.408 e. The normalized spacial score (nSPS) is 17.3. The van der Waals surface area contributed by atoms with E-state index in [0.717, 1.165) is 36.8 Å². The molecular formula is C30H49N3O4. The molecule has 1 aliphatic rings. The van der Waals surface area contributed by atoms with E-state index in [1.165, 1.54) is 6.42 Å². The average Bonchev–Trinajstić information content (AvgIpc) is 2.78. The predicted molar refractivity (Wildman–Crippen MR) is 148 cm³/mol. The second-order valence-corrected chi connectivity index (χ2v) is 12.5. The van der Waals surface area contributed by atoms with E-state index >= 15 is 0 Å². The van der Waals surface area contributed by atoms with Crippen LogP contribution in [0, 0.1) is 12.8 Å². The van der Waals surface area contributed by atoms with E-state index in [0.29, 0.717) is 6.42 Å². The number of carbonyl (C=O) groups is 3. The van der Waals surface area contributed by atoms with E-state index in [2.05, 4.69) is 10.6 Å². The van der Waals surface area contributed by atoms with Crippen molar-refractivity contribution in [1.29, 1.82) is 0 Å². The molecule has 7 nitrogen and oxygen atoms in total. The lowest BCUT2D eigenvalue weighted by molar-refractivity contribution is -0.149. The minimum absolute atomic E-state index is 0.107. The fourth-order valence-corrected chi connectivity index (χ4v) is 4.90. The van der Waals surface area contributed by atoms with Crippen LogP contribution in [0.3, 0.4) is 0 Å². The van der Waals surface area contributed by atoms with Gasteiger partial charge in [-0.05, 0) is 72.8 Å². The minimum atomic E-state index is -0.839. The Morgan fingerprint density at radius 1 is 1.05 bits per heavy atom. The fourth-order valence-electron chi connectivity index (χ4n) is 4.90. The molecule has 1 aromatic rings. The number of alkyl carbamates (subject to hydrolysis) is 1. The molecule has 0 radical (unpaired) electrons. The number of nitrogens with one attached hydrogen (secondary N) is 2. The van der Waals surface area contributed by atoms with E-state index in [-0.39, 0.29) is 23.8 Å². The Bertz CT molecular complexity index is 925. The van der Waals surface area contributed by atoms with Gasteiger partial charge in [0, 0.05) is 11.6 Å². The lowest BCUT2D eigenvalue weighted by atomic mass is 9.90. The van der Waals surface area contributed by atoms with Crippen LogP contribution in [0.25, 0.3) is 0 Å². The van der Waals surface area contributed by atoms with Crippen LogP contribution in [0.2, 0.25) is 0 Å². The Balaban J connectivity index is 2.53. The largest absolute Gasteiger partial charge is 0.444 e. The van der Waals surface area contributed by atoms with Gasteiger partial charge in [-0.3, -0.25) is 9.59 Å². The number of hydrogen-bond donors (Lipinski definition) is 2. The van der Waals surface area contributed by atoms with Gasteiger partial charge in [-0.1, -0.05) is 69.4 Å². The van der Waals surface area contributed by atoms with Crippen LogP contribution in [-0.2, 0) is 14.3 Å². The zero-order chi connectivity index (χ0) is 28.0. The molecule has 1 fully saturated rings. The number of rotatable bonds is 8. The molecule has 2 N–H and O–H groups in total. The van der Waals surface area contributed by atoms with E-state index in [9.17, 15) is 14.4 Å². The van der Waals surface area contributed by atoms with Gasteiger partial charge in [-0.2, -0.15) is 0 Å². The van der Waals surface area contributed by atoms with Crippen molar-refractivity contribution in [2.75, 3.05) is 0 Å². The summed E-state index contributed by atoms with van der Waals surface area (Å²) < 4.78 is 5.49. The zero-order valence-corrected chi connectivity index (χ0v) is 24.4. The predicted octanol–water partition coefficient (Wildman–Crippen LogP) is 6.05. The molecule has 0 aromatic heterocycles. The Kier molecular flexibility index (Phi) is 10.6. The van der Waals surface area contributed by atoms with Gasteiger partial charge >= 0.3 is 6.09 Å². The number of nitrogens with zero attached hydrogens (tertiary/aromatic N) is 1. The Labute approximate surface area is 224 Å². The Morgan fingerprint density at radius 3 is 2.19 bits per heavy atom. The zero-order valence-electron chi connectivity index (χ0n) is 24.4. The van der Waals surface area contributed by atoms with Crippen LogP contribution in [0.15, 0.2) is 24.3 Å². The molecule has 3 unspecified atom stereocenters. The van der Waals surface area contributed by atoms with Crippen LogP contribution >= 0.6 is 0 Å². The molecule has 0 spiro atoms. The number of hydrogen-bond acceptors (Lipinski definition) is 4. The van der Waals surface area contributed by atoms with Crippen LogP contribution < -0.4 is 10.6 Å². The van der Waals surface area contributed by atoms with Gasteiger partial charge in [0.15, 0.2) is 0 Å². The van der Waals surface area contributed by atoms with Crippen molar-refractivity contribution in [3.8, 4) is 0 Å². The molecule has 1 saturated carbocycles. The maximum Gasteiger partial charge on any atom is 0.408 e. The summed E-state index contributed by atoms with van der Waals surface area (Å²) >= 11 is 0. The van der Waals surface area contributed by atoms with Crippen molar-refractivity contribution >= 4 is 17.9 Å². The number of ether oxygens (including phenoxy) is 1. The summed E-state index contributed by atoms with van der Waals surface area (Å²) in [4.78, 5) is 42.8. The summed E-state index contributed by atoms with van der Waals surface area (Å²) in [6.45, 7) is 17.1. The second kappa shape index (κ2) is 12.8. The molecule has 1 aromatic carbocycles. The summed E-state index contributed by atoms with van der Waals surface area (Å²) in [6.07, 6.45) is 5.31. The second-order valence-electron chi connectivity index (χ2n) is 12.5. The third-order valence-electron chi connectivity index (χ3n) is 6.93. The summed E-state index contributed by atoms with van der Waals surface area (Å²) in [5.74, 6) is -0.636. The highest BCUT2D eigenvalue weighted by molar-refractivity contribution is 5.93. The minimum Gasteiger partial charge on any atom is -0.444 e. The highest BCUT2D eigenvalue weighted by atomic mass is 16.6. The van der Waals surface area contributed by atoms with Gasteiger partial charge < -0.3 is 20.3 Å². The molecule has 0 heterocycles. The first-order valence-electron chi connectivity index (χ1n) is 13.8. The van der Waals surface area contributed by atoms with Gasteiger partial charge in [0.2, 0.25) is 11.8 Å². The first kappa shape index (κ1) is 30.7. The molecule has 3 atom stereocenters. The Morgan fingerprint density at radius 2 is 1.68 bits per heavy atom. The molecule has 7 heteroatoms. The molecule has 0 aliphatic heterocycles. The summed E-state index contributed by atoms with van der Waals surface area (Å²) in [7, 11) is 0. The van der Waals surface area contributed by atoms with Gasteiger partial charge in [0.05, 0.1) is 0 Å². The highest BCUT2D eigenvalue weighted by Crippen LogP contribution is 2.32. The summed E-state index contributed by atoms with van der Waals surface area (Å²) in [5, 5.41) is 6.08. The first-order valence-corrected chi connectivity index (χ1v) is 13.8. The lowest BCUT2D eigenvalue weighted by Crippen LogP contribution is -2.60. The maximum absolute atomic E-state index is 14.4. The molecule has 2 rings (SSSR count). The lowest BCUT2D eigenvalue weighted by Gasteiger charge is -2.44. The van der Waals surface area contributed by atoms with Gasteiger partial charge in [-0.25, -0.2) is 4.79 Å². The monoisotopic (exact) mass is 515 g/mol. The molecule has 3 amide bonds. The highest BCUT2D eigenvalue weighted by Gasteiger charge is 2.43. The van der Waals surface area contributed by atoms with E-state index in [1.54, 1.807) is 25.7 Å². The number of amides is 3. The molecule has 208 valence electrons. The van der Waals surface area contributed by atoms with Crippen molar-refractivity contribution in [1.82, 2.24) is 15.5 Å². The topological polar surface area (TPSA) is 87.7 Å². The van der Waals surface area contributed by atoms with Crippen molar-refractivity contribution in [3.05, 3.63) is 35.4 Å². The average molecular weight is 516 g/mol. The quantitative estimate of drug-likeness (QED) is 0.441. The van der Waals surface area contributed by atoms with Crippen molar-refractivity contribution in [2.24, 2.45) is 5.92 Å². The van der Waals surface area contributed by atoms with Crippen LogP contribution in [-0.4, -0.2) is 46.0 Å². The van der Waals surface area contributed by atoms with E-state index in [1.807, 2.05) is 65.8 Å². The maximum atomic E-state index is 14.4. The third-order valence-corrected chi connectivity index (χ3v) is 6.93. The van der Waals surface area contributed by atoms with Gasteiger partial charge in [0.1, 0.15) is 17.7 Å². The SMILES string of the molecule is CCC(C)C(NC(=O)OC(C)(C)C)C(=O)N(C(C(=O)NC1CCCCC1)c1cccc(C)c1)C(C)(C)C. The van der Waals surface area contributed by atoms with Gasteiger partial charge in [-0.15, -0.1) is 0 Å². The van der Waals surface area contributed by atoms with Crippen LogP contribution in [0.5, 0.6) is 0 Å². The first-order chi connectivity index (χ1) is 17.1. The van der Waals surface area contributed by atoms with Crippen molar-refractivity contribution in [3.63, 3.8) is 0 Å². The van der Waals surface area contributed by atoms with Crippen molar-refractivity contribution < 1.29 is 19.1 Å². The number of aryl methyl sites for hydroxylation is 1. The molecule has 0 saturated heterocycles. The summed E-state index contributed by atoms with van der Waals surface area (Å²) in [5.41, 5.74) is 0.383. The molecule has 0 bridgehead atoms. The van der Waals surface area contributed by atoms with Gasteiger partial charge in [0.25, 0.3) is 0 Å². The number of carbonyl (C=O) groups excluding carboxylic acids is 3. The van der Waals surface area contributed by atoms with Crippen LogP contribution in [0.4, 0.5) is 4.79 Å². The standard InChI is InChI=1S/C30H49N3O4/c1-10-21(3)24(32-28(36)37-30(7,8)9)27(35)33(29(4,5)6)25(22-16-14-15-20(2)19-22)26(34)31-23-17-12-11-13-18-23/h14-16,19,21,23-25H,10-13,17-18H2,1-9H3,(H,31,34)(H,32,36). The van der Waals surface area contributed by atoms with E-state index in [4.69, 9.17) is 4.74 Å². The van der Waals surface area contributed by atoms with Crippen molar-refractivity contribution in [2.45, 2.75) is 130 Å².